The molecule has 0 radical (unpaired) electrons. The Morgan fingerprint density at radius 3 is 2.56 bits per heavy atom. The van der Waals surface area contributed by atoms with Crippen molar-refractivity contribution in [1.29, 1.82) is 0 Å². The third-order valence-corrected chi connectivity index (χ3v) is 8.36. The Labute approximate surface area is 215 Å². The number of halogens is 1. The van der Waals surface area contributed by atoms with Gasteiger partial charge in [-0.3, -0.25) is 4.79 Å². The fourth-order valence-corrected chi connectivity index (χ4v) is 6.16. The molecule has 0 spiro atoms. The summed E-state index contributed by atoms with van der Waals surface area (Å²) in [6.45, 7) is 3.89. The number of aromatic nitrogens is 4. The minimum atomic E-state index is -0.215. The van der Waals surface area contributed by atoms with E-state index in [1.165, 1.54) is 23.1 Å². The maximum absolute atomic E-state index is 12.2. The highest BCUT2D eigenvalue weighted by Gasteiger charge is 2.12. The van der Waals surface area contributed by atoms with Crippen LogP contribution >= 0.6 is 46.5 Å². The lowest BCUT2D eigenvalue weighted by Gasteiger charge is -2.03. The Morgan fingerprint density at radius 1 is 1.09 bits per heavy atom. The Morgan fingerprint density at radius 2 is 1.79 bits per heavy atom. The van der Waals surface area contributed by atoms with Gasteiger partial charge in [-0.25, -0.2) is 10.1 Å². The van der Waals surface area contributed by atoms with Gasteiger partial charge in [-0.1, -0.05) is 82.9 Å². The number of rotatable bonds is 9. The van der Waals surface area contributed by atoms with Crippen LogP contribution in [0.4, 0.5) is 0 Å². The van der Waals surface area contributed by atoms with Crippen molar-refractivity contribution in [3.8, 4) is 5.69 Å². The zero-order valence-electron chi connectivity index (χ0n) is 18.4. The molecule has 174 valence electrons. The van der Waals surface area contributed by atoms with Gasteiger partial charge in [-0.2, -0.15) is 10.2 Å². The van der Waals surface area contributed by atoms with Crippen LogP contribution in [0.5, 0.6) is 0 Å². The normalized spacial score (nSPS) is 11.3. The number of nitrogens with one attached hydrogen (secondary N) is 1. The van der Waals surface area contributed by atoms with E-state index in [1.807, 2.05) is 73.1 Å². The molecule has 0 aliphatic rings. The molecular formula is C23H21ClN6OS3. The number of hydrazone groups is 1. The van der Waals surface area contributed by atoms with Crippen molar-refractivity contribution in [2.75, 3.05) is 5.75 Å². The molecule has 34 heavy (non-hydrogen) atoms. The molecule has 4 aromatic rings. The molecule has 2 aromatic heterocycles. The molecule has 0 bridgehead atoms. The Hall–Kier alpha value is -2.66. The van der Waals surface area contributed by atoms with Gasteiger partial charge in [0, 0.05) is 16.3 Å². The molecular weight excluding hydrogens is 508 g/mol. The van der Waals surface area contributed by atoms with E-state index in [4.69, 9.17) is 11.6 Å². The first-order chi connectivity index (χ1) is 16.5. The number of benzene rings is 2. The van der Waals surface area contributed by atoms with E-state index in [0.29, 0.717) is 5.75 Å². The molecule has 0 saturated heterocycles. The van der Waals surface area contributed by atoms with Gasteiger partial charge in [-0.05, 0) is 37.6 Å². The van der Waals surface area contributed by atoms with Gasteiger partial charge in [0.1, 0.15) is 0 Å². The summed E-state index contributed by atoms with van der Waals surface area (Å²) in [5.74, 6) is 0.698. The lowest BCUT2D eigenvalue weighted by atomic mass is 10.2. The van der Waals surface area contributed by atoms with E-state index in [2.05, 4.69) is 25.8 Å². The number of aryl methyl sites for hydroxylation is 1. The van der Waals surface area contributed by atoms with Crippen molar-refractivity contribution in [3.05, 3.63) is 82.1 Å². The van der Waals surface area contributed by atoms with Crippen LogP contribution in [0, 0.1) is 13.8 Å². The molecule has 0 fully saturated rings. The largest absolute Gasteiger partial charge is 0.272 e. The van der Waals surface area contributed by atoms with Crippen molar-refractivity contribution < 1.29 is 4.79 Å². The number of thioether (sulfide) groups is 2. The van der Waals surface area contributed by atoms with Gasteiger partial charge in [0.05, 0.1) is 29.0 Å². The van der Waals surface area contributed by atoms with Crippen molar-refractivity contribution >= 4 is 58.6 Å². The summed E-state index contributed by atoms with van der Waals surface area (Å²) in [4.78, 5) is 12.2. The van der Waals surface area contributed by atoms with Crippen LogP contribution in [-0.2, 0) is 10.5 Å². The highest BCUT2D eigenvalue weighted by Crippen LogP contribution is 2.32. The summed E-state index contributed by atoms with van der Waals surface area (Å²) < 4.78 is 3.43. The van der Waals surface area contributed by atoms with Crippen LogP contribution < -0.4 is 5.43 Å². The summed E-state index contributed by atoms with van der Waals surface area (Å²) in [5.41, 5.74) is 7.27. The highest BCUT2D eigenvalue weighted by molar-refractivity contribution is 8.03. The molecule has 4 rings (SSSR count). The van der Waals surface area contributed by atoms with Gasteiger partial charge >= 0.3 is 0 Å². The Bertz CT molecular complexity index is 1310. The van der Waals surface area contributed by atoms with E-state index < -0.39 is 0 Å². The monoisotopic (exact) mass is 528 g/mol. The number of hydrogen-bond acceptors (Lipinski definition) is 8. The first-order valence-electron chi connectivity index (χ1n) is 10.3. The number of carbonyl (C=O) groups excluding carboxylic acids is 1. The summed E-state index contributed by atoms with van der Waals surface area (Å²) >= 11 is 10.6. The van der Waals surface area contributed by atoms with Gasteiger partial charge in [0.2, 0.25) is 0 Å². The highest BCUT2D eigenvalue weighted by atomic mass is 35.5. The van der Waals surface area contributed by atoms with Crippen molar-refractivity contribution in [2.24, 2.45) is 5.10 Å². The molecule has 1 N–H and O–H groups in total. The zero-order chi connectivity index (χ0) is 23.9. The van der Waals surface area contributed by atoms with Gasteiger partial charge in [-0.15, -0.1) is 10.2 Å². The maximum Gasteiger partial charge on any atom is 0.250 e. The topological polar surface area (TPSA) is 85.1 Å². The summed E-state index contributed by atoms with van der Waals surface area (Å²) in [6.07, 6.45) is 1.63. The second-order valence-electron chi connectivity index (χ2n) is 7.13. The SMILES string of the molecule is Cc1nn(-c2ccccc2)c(C)c1/C=N\NC(=O)CSc1nnc(SCc2ccccc2Cl)s1. The van der Waals surface area contributed by atoms with E-state index in [9.17, 15) is 4.79 Å². The number of amides is 1. The van der Waals surface area contributed by atoms with Crippen LogP contribution in [0.2, 0.25) is 5.02 Å². The predicted octanol–water partition coefficient (Wildman–Crippen LogP) is 5.53. The number of carbonyl (C=O) groups is 1. The molecule has 0 aliphatic carbocycles. The van der Waals surface area contributed by atoms with Gasteiger partial charge in [0.15, 0.2) is 8.68 Å². The summed E-state index contributed by atoms with van der Waals surface area (Å²) in [7, 11) is 0. The molecule has 2 heterocycles. The molecule has 1 amide bonds. The van der Waals surface area contributed by atoms with Crippen LogP contribution in [0.15, 0.2) is 68.4 Å². The summed E-state index contributed by atoms with van der Waals surface area (Å²) in [6, 6.07) is 17.6. The van der Waals surface area contributed by atoms with E-state index in [-0.39, 0.29) is 11.7 Å². The third kappa shape index (κ3) is 6.26. The molecule has 0 unspecified atom stereocenters. The average molecular weight is 529 g/mol. The first-order valence-corrected chi connectivity index (χ1v) is 13.4. The van der Waals surface area contributed by atoms with E-state index >= 15 is 0 Å². The second-order valence-corrected chi connectivity index (χ2v) is 11.0. The molecule has 7 nitrogen and oxygen atoms in total. The quantitative estimate of drug-likeness (QED) is 0.175. The second kappa shape index (κ2) is 11.7. The fraction of sp³-hybridized carbons (Fsp3) is 0.174. The minimum Gasteiger partial charge on any atom is -0.272 e. The Balaban J connectivity index is 1.27. The standard InChI is InChI=1S/C23H21ClN6OS3/c1-15-19(16(2)30(29-15)18-9-4-3-5-10-18)12-25-26-21(31)14-33-23-28-27-22(34-23)32-13-17-8-6-7-11-20(17)24/h3-12H,13-14H2,1-2H3,(H,26,31)/b25-12-. The van der Waals surface area contributed by atoms with Gasteiger partial charge < -0.3 is 0 Å². The zero-order valence-corrected chi connectivity index (χ0v) is 21.6. The van der Waals surface area contributed by atoms with Crippen molar-refractivity contribution in [3.63, 3.8) is 0 Å². The predicted molar refractivity (Wildman–Crippen MR) is 140 cm³/mol. The smallest absolute Gasteiger partial charge is 0.250 e. The fourth-order valence-electron chi connectivity index (χ4n) is 3.06. The number of nitrogens with zero attached hydrogens (tertiary/aromatic N) is 5. The molecule has 0 atom stereocenters. The van der Waals surface area contributed by atoms with Crippen molar-refractivity contribution in [1.82, 2.24) is 25.4 Å². The molecule has 0 aliphatic heterocycles. The third-order valence-electron chi connectivity index (χ3n) is 4.75. The van der Waals surface area contributed by atoms with Crippen LogP contribution in [0.1, 0.15) is 22.5 Å². The Kier molecular flexibility index (Phi) is 8.39. The van der Waals surface area contributed by atoms with Crippen LogP contribution in [0.25, 0.3) is 5.69 Å². The lowest BCUT2D eigenvalue weighted by molar-refractivity contribution is -0.118. The van der Waals surface area contributed by atoms with E-state index in [0.717, 1.165) is 41.9 Å². The summed E-state index contributed by atoms with van der Waals surface area (Å²) in [5, 5.41) is 17.8. The first kappa shape index (κ1) is 24.5. The number of hydrogen-bond donors (Lipinski definition) is 1. The molecule has 2 aromatic carbocycles. The lowest BCUT2D eigenvalue weighted by Crippen LogP contribution is -2.19. The van der Waals surface area contributed by atoms with E-state index in [1.54, 1.807) is 18.0 Å². The maximum atomic E-state index is 12.2. The van der Waals surface area contributed by atoms with Crippen molar-refractivity contribution in [2.45, 2.75) is 28.3 Å². The molecule has 11 heteroatoms. The minimum absolute atomic E-state index is 0.197. The van der Waals surface area contributed by atoms with Crippen LogP contribution in [-0.4, -0.2) is 37.9 Å². The number of para-hydroxylation sites is 1. The average Bonchev–Trinajstić information content (AvgIpc) is 3.42. The van der Waals surface area contributed by atoms with Crippen LogP contribution in [0.3, 0.4) is 0 Å². The van der Waals surface area contributed by atoms with Gasteiger partial charge in [0.25, 0.3) is 5.91 Å². The molecule has 0 saturated carbocycles.